The van der Waals surface area contributed by atoms with Gasteiger partial charge in [-0.3, -0.25) is 0 Å². The van der Waals surface area contributed by atoms with E-state index in [2.05, 4.69) is 4.72 Å². The van der Waals surface area contributed by atoms with Crippen molar-refractivity contribution >= 4 is 10.0 Å². The summed E-state index contributed by atoms with van der Waals surface area (Å²) < 4.78 is 57.4. The van der Waals surface area contributed by atoms with Gasteiger partial charge in [0.25, 0.3) is 0 Å². The summed E-state index contributed by atoms with van der Waals surface area (Å²) >= 11 is 0. The van der Waals surface area contributed by atoms with E-state index in [1.165, 1.54) is 12.1 Å². The highest BCUT2D eigenvalue weighted by atomic mass is 32.2. The van der Waals surface area contributed by atoms with Crippen LogP contribution in [0.1, 0.15) is 5.56 Å². The van der Waals surface area contributed by atoms with Gasteiger partial charge in [0.2, 0.25) is 10.0 Å². The van der Waals surface area contributed by atoms with Gasteiger partial charge in [0, 0.05) is 12.6 Å². The van der Waals surface area contributed by atoms with Crippen molar-refractivity contribution in [2.24, 2.45) is 0 Å². The van der Waals surface area contributed by atoms with Crippen LogP contribution in [0.2, 0.25) is 0 Å². The normalized spacial score (nSPS) is 11.4. The van der Waals surface area contributed by atoms with Crippen molar-refractivity contribution in [3.8, 4) is 5.75 Å². The zero-order valence-electron chi connectivity index (χ0n) is 11.8. The Balaban J connectivity index is 1.89. The third-order valence-corrected chi connectivity index (χ3v) is 4.35. The summed E-state index contributed by atoms with van der Waals surface area (Å²) in [6, 6.07) is 9.30. The van der Waals surface area contributed by atoms with Crippen LogP contribution in [0.15, 0.2) is 47.4 Å². The fourth-order valence-electron chi connectivity index (χ4n) is 1.73. The molecule has 0 fully saturated rings. The van der Waals surface area contributed by atoms with E-state index < -0.39 is 21.7 Å². The fraction of sp³-hybridized carbons (Fsp3) is 0.200. The van der Waals surface area contributed by atoms with Crippen LogP contribution >= 0.6 is 0 Å². The largest absolute Gasteiger partial charge is 0.489 e. The van der Waals surface area contributed by atoms with Gasteiger partial charge in [-0.1, -0.05) is 17.7 Å². The molecule has 7 heteroatoms. The second-order valence-corrected chi connectivity index (χ2v) is 6.40. The Bertz CT molecular complexity index is 746. The molecule has 0 saturated heterocycles. The molecule has 0 radical (unpaired) electrons. The van der Waals surface area contributed by atoms with E-state index >= 15 is 0 Å². The number of benzene rings is 2. The van der Waals surface area contributed by atoms with Gasteiger partial charge in [-0.2, -0.15) is 0 Å². The first-order chi connectivity index (χ1) is 10.4. The SMILES string of the molecule is Cc1ccc(S(=O)(=O)NCCOc2ccc(F)cc2F)cc1. The standard InChI is InChI=1S/C15H15F2NO3S/c1-11-2-5-13(6-3-11)22(19,20)18-8-9-21-15-7-4-12(16)10-14(15)17/h2-7,10,18H,8-9H2,1H3. The van der Waals surface area contributed by atoms with Crippen LogP contribution in [-0.4, -0.2) is 21.6 Å². The molecule has 0 spiro atoms. The Hall–Kier alpha value is -1.99. The summed E-state index contributed by atoms with van der Waals surface area (Å²) in [5, 5.41) is 0. The quantitative estimate of drug-likeness (QED) is 0.830. The van der Waals surface area contributed by atoms with Crippen LogP contribution in [0.4, 0.5) is 8.78 Å². The maximum Gasteiger partial charge on any atom is 0.240 e. The van der Waals surface area contributed by atoms with Gasteiger partial charge in [-0.25, -0.2) is 21.9 Å². The molecule has 0 unspecified atom stereocenters. The highest BCUT2D eigenvalue weighted by Gasteiger charge is 2.13. The van der Waals surface area contributed by atoms with Crippen molar-refractivity contribution in [2.45, 2.75) is 11.8 Å². The maximum absolute atomic E-state index is 13.3. The molecule has 0 bridgehead atoms. The topological polar surface area (TPSA) is 55.4 Å². The van der Waals surface area contributed by atoms with E-state index in [4.69, 9.17) is 4.74 Å². The van der Waals surface area contributed by atoms with E-state index in [0.29, 0.717) is 6.07 Å². The first-order valence-electron chi connectivity index (χ1n) is 6.53. The second kappa shape index (κ2) is 6.85. The van der Waals surface area contributed by atoms with Crippen molar-refractivity contribution in [3.63, 3.8) is 0 Å². The molecule has 2 aromatic rings. The fourth-order valence-corrected chi connectivity index (χ4v) is 2.74. The Morgan fingerprint density at radius 3 is 2.41 bits per heavy atom. The minimum Gasteiger partial charge on any atom is -0.489 e. The van der Waals surface area contributed by atoms with Gasteiger partial charge in [0.1, 0.15) is 12.4 Å². The second-order valence-electron chi connectivity index (χ2n) is 4.63. The Morgan fingerprint density at radius 1 is 1.09 bits per heavy atom. The molecule has 0 aliphatic rings. The Kier molecular flexibility index (Phi) is 5.10. The Morgan fingerprint density at radius 2 is 1.77 bits per heavy atom. The molecule has 0 aromatic heterocycles. The number of rotatable bonds is 6. The highest BCUT2D eigenvalue weighted by Crippen LogP contribution is 2.17. The minimum absolute atomic E-state index is 0.0347. The van der Waals surface area contributed by atoms with Crippen LogP contribution in [0.25, 0.3) is 0 Å². The number of ether oxygens (including phenoxy) is 1. The van der Waals surface area contributed by atoms with Crippen LogP contribution in [0.5, 0.6) is 5.75 Å². The zero-order valence-corrected chi connectivity index (χ0v) is 12.7. The van der Waals surface area contributed by atoms with Crippen molar-refractivity contribution in [3.05, 3.63) is 59.7 Å². The van der Waals surface area contributed by atoms with E-state index in [1.54, 1.807) is 12.1 Å². The lowest BCUT2D eigenvalue weighted by Gasteiger charge is -2.09. The average molecular weight is 327 g/mol. The molecule has 0 aliphatic carbocycles. The third kappa shape index (κ3) is 4.25. The van der Waals surface area contributed by atoms with Crippen LogP contribution in [-0.2, 0) is 10.0 Å². The van der Waals surface area contributed by atoms with Gasteiger partial charge in [0.15, 0.2) is 11.6 Å². The summed E-state index contributed by atoms with van der Waals surface area (Å²) in [4.78, 5) is 0.145. The predicted molar refractivity (Wildman–Crippen MR) is 78.2 cm³/mol. The Labute approximate surface area is 127 Å². The minimum atomic E-state index is -3.63. The molecule has 2 rings (SSSR count). The molecule has 0 amide bonds. The molecule has 22 heavy (non-hydrogen) atoms. The number of nitrogens with one attached hydrogen (secondary N) is 1. The number of hydrogen-bond donors (Lipinski definition) is 1. The van der Waals surface area contributed by atoms with Crippen molar-refractivity contribution in [1.29, 1.82) is 0 Å². The number of halogens is 2. The predicted octanol–water partition coefficient (Wildman–Crippen LogP) is 2.63. The smallest absolute Gasteiger partial charge is 0.240 e. The zero-order chi connectivity index (χ0) is 16.2. The third-order valence-electron chi connectivity index (χ3n) is 2.88. The van der Waals surface area contributed by atoms with E-state index in [9.17, 15) is 17.2 Å². The lowest BCUT2D eigenvalue weighted by atomic mass is 10.2. The van der Waals surface area contributed by atoms with Crippen LogP contribution in [0, 0.1) is 18.6 Å². The highest BCUT2D eigenvalue weighted by molar-refractivity contribution is 7.89. The molecule has 0 heterocycles. The van der Waals surface area contributed by atoms with Gasteiger partial charge in [-0.15, -0.1) is 0 Å². The van der Waals surface area contributed by atoms with Gasteiger partial charge >= 0.3 is 0 Å². The van der Waals surface area contributed by atoms with Gasteiger partial charge < -0.3 is 4.74 Å². The van der Waals surface area contributed by atoms with E-state index in [0.717, 1.165) is 17.7 Å². The molecule has 4 nitrogen and oxygen atoms in total. The first kappa shape index (κ1) is 16.4. The van der Waals surface area contributed by atoms with Gasteiger partial charge in [-0.05, 0) is 31.2 Å². The molecule has 2 aromatic carbocycles. The van der Waals surface area contributed by atoms with Crippen molar-refractivity contribution < 1.29 is 21.9 Å². The molecule has 0 saturated carbocycles. The molecular formula is C15H15F2NO3S. The molecule has 0 aliphatic heterocycles. The lowest BCUT2D eigenvalue weighted by Crippen LogP contribution is -2.28. The number of sulfonamides is 1. The summed E-state index contributed by atoms with van der Waals surface area (Å²) in [6.45, 7) is 1.75. The maximum atomic E-state index is 13.3. The summed E-state index contributed by atoms with van der Waals surface area (Å²) in [5.41, 5.74) is 0.953. The van der Waals surface area contributed by atoms with Crippen molar-refractivity contribution in [2.75, 3.05) is 13.2 Å². The summed E-state index contributed by atoms with van der Waals surface area (Å²) in [6.07, 6.45) is 0. The summed E-state index contributed by atoms with van der Waals surface area (Å²) in [7, 11) is -3.63. The van der Waals surface area contributed by atoms with Crippen molar-refractivity contribution in [1.82, 2.24) is 4.72 Å². The lowest BCUT2D eigenvalue weighted by molar-refractivity contribution is 0.305. The number of aryl methyl sites for hydroxylation is 1. The molecule has 118 valence electrons. The summed E-state index contributed by atoms with van der Waals surface area (Å²) in [5.74, 6) is -1.66. The van der Waals surface area contributed by atoms with E-state index in [-0.39, 0.29) is 23.8 Å². The molecule has 1 N–H and O–H groups in total. The van der Waals surface area contributed by atoms with Crippen LogP contribution < -0.4 is 9.46 Å². The average Bonchev–Trinajstić information content (AvgIpc) is 2.46. The van der Waals surface area contributed by atoms with E-state index in [1.807, 2.05) is 6.92 Å². The first-order valence-corrected chi connectivity index (χ1v) is 8.01. The molecular weight excluding hydrogens is 312 g/mol. The number of hydrogen-bond acceptors (Lipinski definition) is 3. The van der Waals surface area contributed by atoms with Crippen LogP contribution in [0.3, 0.4) is 0 Å². The molecule has 0 atom stereocenters. The van der Waals surface area contributed by atoms with Gasteiger partial charge in [0.05, 0.1) is 4.90 Å². The monoisotopic (exact) mass is 327 g/mol.